The molecule has 2 rings (SSSR count). The van der Waals surface area contributed by atoms with Crippen molar-refractivity contribution in [3.63, 3.8) is 0 Å². The van der Waals surface area contributed by atoms with E-state index >= 15 is 0 Å². The fourth-order valence-corrected chi connectivity index (χ4v) is 2.89. The number of carbonyl (C=O) groups excluding carboxylic acids is 1. The lowest BCUT2D eigenvalue weighted by atomic mass is 10.1. The first-order valence-corrected chi connectivity index (χ1v) is 6.53. The second-order valence-electron chi connectivity index (χ2n) is 4.03. The average Bonchev–Trinajstić information content (AvgIpc) is 2.30. The summed E-state index contributed by atoms with van der Waals surface area (Å²) in [6.07, 6.45) is 1.05. The van der Waals surface area contributed by atoms with Gasteiger partial charge in [-0.05, 0) is 19.1 Å². The molecule has 0 bridgehead atoms. The molecule has 1 aromatic carbocycles. The highest BCUT2D eigenvalue weighted by Crippen LogP contribution is 2.15. The quantitative estimate of drug-likeness (QED) is 0.785. The van der Waals surface area contributed by atoms with E-state index < -0.39 is 11.0 Å². The van der Waals surface area contributed by atoms with Crippen molar-refractivity contribution >= 4 is 16.8 Å². The third-order valence-electron chi connectivity index (χ3n) is 2.74. The fourth-order valence-electron chi connectivity index (χ4n) is 1.71. The van der Waals surface area contributed by atoms with Crippen molar-refractivity contribution < 1.29 is 9.00 Å². The van der Waals surface area contributed by atoms with Gasteiger partial charge in [-0.15, -0.1) is 0 Å². The first kappa shape index (κ1) is 11.5. The van der Waals surface area contributed by atoms with Gasteiger partial charge in [-0.2, -0.15) is 0 Å². The zero-order valence-electron chi connectivity index (χ0n) is 9.31. The number of Topliss-reactive ketones (excluding diaryl/α,β-unsaturated/α-hetero) is 1. The minimum atomic E-state index is -1.11. The van der Waals surface area contributed by atoms with Gasteiger partial charge in [-0.3, -0.25) is 4.79 Å². The highest BCUT2D eigenvalue weighted by Gasteiger charge is 2.21. The van der Waals surface area contributed by atoms with E-state index in [2.05, 4.69) is 0 Å². The molecule has 0 N–H and O–H groups in total. The minimum Gasteiger partial charge on any atom is -0.300 e. The summed E-state index contributed by atoms with van der Waals surface area (Å²) < 4.78 is 14.0. The predicted molar refractivity (Wildman–Crippen MR) is 63.4 cm³/mol. The molecule has 1 aromatic rings. The number of hydrogen-bond acceptors (Lipinski definition) is 2. The smallest absolute Gasteiger partial charge is 0.135 e. The number of aryl methyl sites for hydroxylation is 1. The molecule has 1 aliphatic heterocycles. The third-order valence-corrected chi connectivity index (χ3v) is 4.25. The molecule has 86 valence electrons. The number of hydrogen-bond donors (Lipinski definition) is 0. The Morgan fingerprint density at radius 2 is 1.69 bits per heavy atom. The summed E-state index contributed by atoms with van der Waals surface area (Å²) in [5, 5.41) is 0. The molecular formula is C12H15NO2S. The van der Waals surface area contributed by atoms with Gasteiger partial charge in [0.2, 0.25) is 0 Å². The van der Waals surface area contributed by atoms with E-state index in [-0.39, 0.29) is 5.78 Å². The van der Waals surface area contributed by atoms with Crippen molar-refractivity contribution in [3.8, 4) is 0 Å². The molecule has 0 aliphatic carbocycles. The van der Waals surface area contributed by atoms with Crippen LogP contribution in [-0.2, 0) is 15.8 Å². The molecule has 1 aliphatic rings. The zero-order valence-corrected chi connectivity index (χ0v) is 10.1. The van der Waals surface area contributed by atoms with Crippen molar-refractivity contribution in [3.05, 3.63) is 29.8 Å². The normalized spacial score (nSPS) is 19.7. The van der Waals surface area contributed by atoms with Crippen LogP contribution in [0.25, 0.3) is 0 Å². The van der Waals surface area contributed by atoms with Gasteiger partial charge in [0.05, 0.1) is 4.90 Å². The van der Waals surface area contributed by atoms with Crippen LogP contribution < -0.4 is 0 Å². The number of ketones is 1. The summed E-state index contributed by atoms with van der Waals surface area (Å²) in [7, 11) is -1.11. The molecule has 0 aromatic heterocycles. The highest BCUT2D eigenvalue weighted by atomic mass is 32.2. The third kappa shape index (κ3) is 2.57. The van der Waals surface area contributed by atoms with E-state index in [9.17, 15) is 9.00 Å². The summed E-state index contributed by atoms with van der Waals surface area (Å²) in [6, 6.07) is 7.70. The maximum atomic E-state index is 12.1. The Labute approximate surface area is 98.0 Å². The van der Waals surface area contributed by atoms with Crippen LogP contribution in [0.5, 0.6) is 0 Å². The number of nitrogens with zero attached hydrogens (tertiary/aromatic N) is 1. The lowest BCUT2D eigenvalue weighted by Crippen LogP contribution is -2.35. The van der Waals surface area contributed by atoms with Crippen LogP contribution >= 0.6 is 0 Å². The van der Waals surface area contributed by atoms with Crippen molar-refractivity contribution in [2.45, 2.75) is 24.7 Å². The summed E-state index contributed by atoms with van der Waals surface area (Å²) >= 11 is 0. The molecule has 0 spiro atoms. The molecule has 1 heterocycles. The van der Waals surface area contributed by atoms with Gasteiger partial charge in [-0.25, -0.2) is 8.51 Å². The molecule has 1 unspecified atom stereocenters. The lowest BCUT2D eigenvalue weighted by Gasteiger charge is -2.24. The SMILES string of the molecule is Cc1ccc(S(=O)N2CCC(=O)CC2)cc1. The van der Waals surface area contributed by atoms with Crippen LogP contribution in [0, 0.1) is 6.92 Å². The molecular weight excluding hydrogens is 222 g/mol. The maximum absolute atomic E-state index is 12.1. The van der Waals surface area contributed by atoms with E-state index in [1.54, 1.807) is 0 Å². The minimum absolute atomic E-state index is 0.275. The second kappa shape index (κ2) is 4.89. The van der Waals surface area contributed by atoms with Gasteiger partial charge in [0, 0.05) is 25.9 Å². The van der Waals surface area contributed by atoms with E-state index in [1.165, 1.54) is 0 Å². The van der Waals surface area contributed by atoms with Crippen LogP contribution in [0.2, 0.25) is 0 Å². The van der Waals surface area contributed by atoms with Gasteiger partial charge in [0.15, 0.2) is 0 Å². The number of piperidine rings is 1. The molecule has 1 saturated heterocycles. The van der Waals surface area contributed by atoms with Crippen LogP contribution in [0.4, 0.5) is 0 Å². The van der Waals surface area contributed by atoms with Crippen molar-refractivity contribution in [1.82, 2.24) is 4.31 Å². The summed E-state index contributed by atoms with van der Waals surface area (Å²) in [5.41, 5.74) is 1.16. The van der Waals surface area contributed by atoms with E-state index in [1.807, 2.05) is 35.5 Å². The molecule has 0 saturated carbocycles. The molecule has 0 radical (unpaired) electrons. The Kier molecular flexibility index (Phi) is 3.51. The van der Waals surface area contributed by atoms with E-state index in [0.29, 0.717) is 25.9 Å². The largest absolute Gasteiger partial charge is 0.300 e. The predicted octanol–water partition coefficient (Wildman–Crippen LogP) is 1.68. The number of carbonyl (C=O) groups is 1. The lowest BCUT2D eigenvalue weighted by molar-refractivity contribution is -0.120. The summed E-state index contributed by atoms with van der Waals surface area (Å²) in [4.78, 5) is 11.9. The van der Waals surface area contributed by atoms with Crippen LogP contribution in [0.3, 0.4) is 0 Å². The Balaban J connectivity index is 2.07. The first-order chi connectivity index (χ1) is 7.66. The average molecular weight is 237 g/mol. The van der Waals surface area contributed by atoms with E-state index in [0.717, 1.165) is 10.5 Å². The molecule has 1 atom stereocenters. The Hall–Kier alpha value is -1.00. The fraction of sp³-hybridized carbons (Fsp3) is 0.417. The van der Waals surface area contributed by atoms with E-state index in [4.69, 9.17) is 0 Å². The van der Waals surface area contributed by atoms with Gasteiger partial charge < -0.3 is 0 Å². The van der Waals surface area contributed by atoms with Gasteiger partial charge >= 0.3 is 0 Å². The number of rotatable bonds is 2. The van der Waals surface area contributed by atoms with Gasteiger partial charge in [-0.1, -0.05) is 17.7 Å². The topological polar surface area (TPSA) is 37.4 Å². The zero-order chi connectivity index (χ0) is 11.5. The van der Waals surface area contributed by atoms with Gasteiger partial charge in [0.1, 0.15) is 16.8 Å². The monoisotopic (exact) mass is 237 g/mol. The van der Waals surface area contributed by atoms with Crippen LogP contribution in [0.1, 0.15) is 18.4 Å². The first-order valence-electron chi connectivity index (χ1n) is 5.42. The van der Waals surface area contributed by atoms with Crippen LogP contribution in [0.15, 0.2) is 29.2 Å². The van der Waals surface area contributed by atoms with Crippen LogP contribution in [-0.4, -0.2) is 27.4 Å². The molecule has 16 heavy (non-hydrogen) atoms. The standard InChI is InChI=1S/C12H15NO2S/c1-10-2-4-12(5-3-10)16(15)13-8-6-11(14)7-9-13/h2-5H,6-9H2,1H3. The van der Waals surface area contributed by atoms with Crippen molar-refractivity contribution in [2.75, 3.05) is 13.1 Å². The summed E-state index contributed by atoms with van der Waals surface area (Å²) in [5.74, 6) is 0.275. The Bertz CT molecular complexity index is 404. The molecule has 3 nitrogen and oxygen atoms in total. The van der Waals surface area contributed by atoms with Crippen molar-refractivity contribution in [1.29, 1.82) is 0 Å². The number of benzene rings is 1. The summed E-state index contributed by atoms with van der Waals surface area (Å²) in [6.45, 7) is 3.23. The Morgan fingerprint density at radius 3 is 2.25 bits per heavy atom. The molecule has 1 fully saturated rings. The van der Waals surface area contributed by atoms with Crippen molar-refractivity contribution in [2.24, 2.45) is 0 Å². The second-order valence-corrected chi connectivity index (χ2v) is 5.52. The molecule has 4 heteroatoms. The maximum Gasteiger partial charge on any atom is 0.135 e. The van der Waals surface area contributed by atoms with Gasteiger partial charge in [0.25, 0.3) is 0 Å². The molecule has 0 amide bonds. The Morgan fingerprint density at radius 1 is 1.12 bits per heavy atom. The highest BCUT2D eigenvalue weighted by molar-refractivity contribution is 7.82.